The van der Waals surface area contributed by atoms with E-state index < -0.39 is 0 Å². The number of rotatable bonds is 3. The van der Waals surface area contributed by atoms with E-state index in [0.29, 0.717) is 0 Å². The molecule has 0 radical (unpaired) electrons. The molecule has 0 heterocycles. The monoisotopic (exact) mass is 608 g/mol. The average Bonchev–Trinajstić information content (AvgIpc) is 3.16. The van der Waals surface area contributed by atoms with E-state index in [0.717, 1.165) is 12.8 Å². The molecule has 0 unspecified atom stereocenters. The first-order valence-electron chi connectivity index (χ1n) is 17.0. The van der Waals surface area contributed by atoms with E-state index in [1.807, 2.05) is 0 Å². The normalized spacial score (nSPS) is 12.8. The Labute approximate surface area is 279 Å². The van der Waals surface area contributed by atoms with E-state index in [4.69, 9.17) is 0 Å². The molecule has 9 aromatic carbocycles. The van der Waals surface area contributed by atoms with Crippen LogP contribution in [0, 0.1) is 0 Å². The summed E-state index contributed by atoms with van der Waals surface area (Å²) in [5, 5.41) is 15.6. The molecule has 0 saturated heterocycles. The van der Waals surface area contributed by atoms with Crippen LogP contribution in [0.4, 0.5) is 0 Å². The summed E-state index contributed by atoms with van der Waals surface area (Å²) in [6.45, 7) is 0. The SMILES string of the molecule is C1=c2c(-c3cccc4ccccc34)c3ccccc3c(-c3c4ccccc4c(-c4cccc5ccccc45)c4ccccc34)c2=CCC1. The fourth-order valence-electron chi connectivity index (χ4n) is 8.49. The van der Waals surface area contributed by atoms with Gasteiger partial charge >= 0.3 is 0 Å². The summed E-state index contributed by atoms with van der Waals surface area (Å²) in [5.74, 6) is 0. The molecule has 0 heteroatoms. The zero-order chi connectivity index (χ0) is 31.6. The minimum Gasteiger partial charge on any atom is -0.0757 e. The summed E-state index contributed by atoms with van der Waals surface area (Å²) in [6, 6.07) is 58.4. The van der Waals surface area contributed by atoms with Gasteiger partial charge in [-0.05, 0) is 111 Å². The van der Waals surface area contributed by atoms with Gasteiger partial charge in [0, 0.05) is 0 Å². The number of benzene rings is 9. The molecule has 224 valence electrons. The lowest BCUT2D eigenvalue weighted by Crippen LogP contribution is -2.31. The maximum absolute atomic E-state index is 2.51. The Kier molecular flexibility index (Phi) is 6.11. The number of hydrogen-bond donors (Lipinski definition) is 0. The van der Waals surface area contributed by atoms with Crippen molar-refractivity contribution in [1.82, 2.24) is 0 Å². The third-order valence-electron chi connectivity index (χ3n) is 10.5. The Morgan fingerprint density at radius 1 is 0.250 bits per heavy atom. The van der Waals surface area contributed by atoms with E-state index in [9.17, 15) is 0 Å². The summed E-state index contributed by atoms with van der Waals surface area (Å²) in [6.07, 6.45) is 7.09. The Morgan fingerprint density at radius 3 is 1.08 bits per heavy atom. The van der Waals surface area contributed by atoms with Crippen LogP contribution in [0.15, 0.2) is 158 Å². The number of hydrogen-bond acceptors (Lipinski definition) is 0. The molecular weight excluding hydrogens is 577 g/mol. The van der Waals surface area contributed by atoms with Gasteiger partial charge in [-0.1, -0.05) is 170 Å². The summed E-state index contributed by atoms with van der Waals surface area (Å²) in [5.41, 5.74) is 7.91. The van der Waals surface area contributed by atoms with Crippen molar-refractivity contribution in [2.75, 3.05) is 0 Å². The molecule has 0 N–H and O–H groups in total. The number of fused-ring (bicyclic) bond motifs is 6. The molecule has 0 spiro atoms. The molecule has 0 nitrogen and oxygen atoms in total. The Morgan fingerprint density at radius 2 is 0.583 bits per heavy atom. The van der Waals surface area contributed by atoms with Crippen LogP contribution < -0.4 is 10.4 Å². The lowest BCUT2D eigenvalue weighted by Gasteiger charge is -2.22. The second-order valence-corrected chi connectivity index (χ2v) is 13.0. The van der Waals surface area contributed by atoms with Crippen molar-refractivity contribution < 1.29 is 0 Å². The van der Waals surface area contributed by atoms with Crippen molar-refractivity contribution >= 4 is 66.0 Å². The lowest BCUT2D eigenvalue weighted by molar-refractivity contribution is 1.12. The van der Waals surface area contributed by atoms with Crippen LogP contribution in [-0.4, -0.2) is 0 Å². The van der Waals surface area contributed by atoms with Gasteiger partial charge in [0.1, 0.15) is 0 Å². The van der Waals surface area contributed by atoms with Gasteiger partial charge in [-0.2, -0.15) is 0 Å². The highest BCUT2D eigenvalue weighted by Crippen LogP contribution is 2.46. The molecule has 0 amide bonds. The van der Waals surface area contributed by atoms with E-state index >= 15 is 0 Å². The van der Waals surface area contributed by atoms with Crippen LogP contribution in [0.25, 0.3) is 99.4 Å². The molecule has 9 aromatic rings. The largest absolute Gasteiger partial charge is 0.0757 e. The zero-order valence-corrected chi connectivity index (χ0v) is 26.6. The molecule has 48 heavy (non-hydrogen) atoms. The molecule has 0 bridgehead atoms. The Hall–Kier alpha value is -5.98. The predicted octanol–water partition coefficient (Wildman–Crippen LogP) is 11.8. The standard InChI is InChI=1S/C48H32/c1-3-19-33-31(15-1)17-13-29-35(33)45-37-21-5-9-25-41(37)47(42-26-10-6-22-38(42)45)48-43-27-11-7-23-39(43)46(40-24-8-12-28-44(40)48)36-30-14-18-32-16-2-4-20-34(32)36/h1-7,9-11,13-30H,8,12H2. The highest BCUT2D eigenvalue weighted by Gasteiger charge is 2.22. The molecule has 10 rings (SSSR count). The average molecular weight is 609 g/mol. The van der Waals surface area contributed by atoms with E-state index in [-0.39, 0.29) is 0 Å². The van der Waals surface area contributed by atoms with Crippen molar-refractivity contribution in [3.63, 3.8) is 0 Å². The summed E-state index contributed by atoms with van der Waals surface area (Å²) in [4.78, 5) is 0. The quantitative estimate of drug-likeness (QED) is 0.175. The van der Waals surface area contributed by atoms with Gasteiger partial charge in [0.2, 0.25) is 0 Å². The van der Waals surface area contributed by atoms with Crippen LogP contribution in [0.3, 0.4) is 0 Å². The second-order valence-electron chi connectivity index (χ2n) is 13.0. The topological polar surface area (TPSA) is 0 Å². The molecule has 0 saturated carbocycles. The third-order valence-corrected chi connectivity index (χ3v) is 10.5. The summed E-state index contributed by atoms with van der Waals surface area (Å²) in [7, 11) is 0. The van der Waals surface area contributed by atoms with Gasteiger partial charge in [0.05, 0.1) is 0 Å². The molecule has 0 aromatic heterocycles. The highest BCUT2D eigenvalue weighted by molar-refractivity contribution is 6.26. The highest BCUT2D eigenvalue weighted by atomic mass is 14.3. The third kappa shape index (κ3) is 3.96. The molecule has 0 aliphatic heterocycles. The zero-order valence-electron chi connectivity index (χ0n) is 26.6. The van der Waals surface area contributed by atoms with Crippen molar-refractivity contribution in [3.8, 4) is 33.4 Å². The summed E-state index contributed by atoms with van der Waals surface area (Å²) < 4.78 is 0. The minimum absolute atomic E-state index is 1.04. The van der Waals surface area contributed by atoms with Crippen molar-refractivity contribution in [1.29, 1.82) is 0 Å². The van der Waals surface area contributed by atoms with E-state index in [1.165, 1.54) is 97.7 Å². The van der Waals surface area contributed by atoms with Crippen molar-refractivity contribution in [3.05, 3.63) is 168 Å². The lowest BCUT2D eigenvalue weighted by atomic mass is 9.80. The molecule has 1 aliphatic carbocycles. The van der Waals surface area contributed by atoms with Crippen molar-refractivity contribution in [2.45, 2.75) is 12.8 Å². The van der Waals surface area contributed by atoms with E-state index in [1.54, 1.807) is 0 Å². The Balaban J connectivity index is 1.40. The van der Waals surface area contributed by atoms with Gasteiger partial charge in [-0.25, -0.2) is 0 Å². The van der Waals surface area contributed by atoms with Crippen molar-refractivity contribution in [2.24, 2.45) is 0 Å². The molecular formula is C48H32. The predicted molar refractivity (Wildman–Crippen MR) is 208 cm³/mol. The molecule has 0 fully saturated rings. The van der Waals surface area contributed by atoms with Crippen LogP contribution in [-0.2, 0) is 0 Å². The van der Waals surface area contributed by atoms with Gasteiger partial charge < -0.3 is 0 Å². The fraction of sp³-hybridized carbons (Fsp3) is 0.0417. The second kappa shape index (κ2) is 10.8. The molecule has 0 atom stereocenters. The van der Waals surface area contributed by atoms with Crippen LogP contribution in [0.5, 0.6) is 0 Å². The van der Waals surface area contributed by atoms with Crippen LogP contribution in [0.1, 0.15) is 12.8 Å². The van der Waals surface area contributed by atoms with Crippen LogP contribution >= 0.6 is 0 Å². The maximum atomic E-state index is 2.51. The van der Waals surface area contributed by atoms with Gasteiger partial charge in [-0.15, -0.1) is 0 Å². The first kappa shape index (κ1) is 27.2. The molecule has 1 aliphatic rings. The van der Waals surface area contributed by atoms with Crippen LogP contribution in [0.2, 0.25) is 0 Å². The maximum Gasteiger partial charge on any atom is -0.00140 e. The first-order valence-corrected chi connectivity index (χ1v) is 17.0. The smallest absolute Gasteiger partial charge is 0.00140 e. The van der Waals surface area contributed by atoms with Gasteiger partial charge in [0.15, 0.2) is 0 Å². The summed E-state index contributed by atoms with van der Waals surface area (Å²) >= 11 is 0. The Bertz CT molecular complexity index is 2820. The van der Waals surface area contributed by atoms with E-state index in [2.05, 4.69) is 170 Å². The van der Waals surface area contributed by atoms with Gasteiger partial charge in [0.25, 0.3) is 0 Å². The fourth-order valence-corrected chi connectivity index (χ4v) is 8.49. The first-order chi connectivity index (χ1) is 23.9. The van der Waals surface area contributed by atoms with Gasteiger partial charge in [-0.3, -0.25) is 0 Å². The minimum atomic E-state index is 1.04.